The van der Waals surface area contributed by atoms with Gasteiger partial charge in [0.15, 0.2) is 0 Å². The smallest absolute Gasteiger partial charge is 0.271 e. The average molecular weight is 235 g/mol. The molecule has 0 aromatic carbocycles. The molecule has 1 aromatic heterocycles. The number of aryl methyl sites for hydroxylation is 1. The molecule has 0 saturated carbocycles. The molecule has 0 radical (unpaired) electrons. The van der Waals surface area contributed by atoms with Crippen LogP contribution in [-0.2, 0) is 6.54 Å². The number of aromatic nitrogens is 1. The lowest BCUT2D eigenvalue weighted by Crippen LogP contribution is -2.38. The fraction of sp³-hybridized carbons (Fsp3) is 0.462. The summed E-state index contributed by atoms with van der Waals surface area (Å²) in [6.45, 7) is 10.9. The van der Waals surface area contributed by atoms with Gasteiger partial charge in [0, 0.05) is 25.3 Å². The predicted molar refractivity (Wildman–Crippen MR) is 70.9 cm³/mol. The lowest BCUT2D eigenvalue weighted by atomic mass is 10.2. The molecule has 0 aliphatic heterocycles. The van der Waals surface area contributed by atoms with Crippen molar-refractivity contribution in [3.63, 3.8) is 0 Å². The van der Waals surface area contributed by atoms with Crippen LogP contribution in [0.3, 0.4) is 0 Å². The Kier molecular flexibility index (Phi) is 4.37. The Labute approximate surface area is 103 Å². The first-order valence-corrected chi connectivity index (χ1v) is 5.88. The normalized spacial score (nSPS) is 10.6. The van der Waals surface area contributed by atoms with Crippen molar-refractivity contribution in [2.24, 2.45) is 0 Å². The summed E-state index contributed by atoms with van der Waals surface area (Å²) >= 11 is 0. The van der Waals surface area contributed by atoms with Gasteiger partial charge in [-0.05, 0) is 26.8 Å². The van der Waals surface area contributed by atoms with Crippen molar-refractivity contribution in [2.75, 3.05) is 12.3 Å². The van der Waals surface area contributed by atoms with E-state index in [1.807, 2.05) is 25.3 Å². The van der Waals surface area contributed by atoms with E-state index in [-0.39, 0.29) is 11.9 Å². The molecule has 4 nitrogen and oxygen atoms in total. The lowest BCUT2D eigenvalue weighted by Gasteiger charge is -2.25. The second kappa shape index (κ2) is 5.57. The van der Waals surface area contributed by atoms with Crippen molar-refractivity contribution in [3.8, 4) is 0 Å². The van der Waals surface area contributed by atoms with Crippen molar-refractivity contribution in [3.05, 3.63) is 30.6 Å². The van der Waals surface area contributed by atoms with Crippen molar-refractivity contribution in [1.29, 1.82) is 0 Å². The Hall–Kier alpha value is -1.71. The number of nitrogens with two attached hydrogens (primary N) is 1. The first kappa shape index (κ1) is 13.4. The SMILES string of the molecule is C=CCN(C(=O)c1cc(N)cn1CC)C(C)C. The number of carbonyl (C=O) groups excluding carboxylic acids is 1. The van der Waals surface area contributed by atoms with E-state index in [0.717, 1.165) is 6.54 Å². The van der Waals surface area contributed by atoms with Crippen LogP contribution in [0.1, 0.15) is 31.3 Å². The van der Waals surface area contributed by atoms with E-state index in [4.69, 9.17) is 5.73 Å². The van der Waals surface area contributed by atoms with Gasteiger partial charge in [0.05, 0.1) is 5.69 Å². The van der Waals surface area contributed by atoms with Crippen LogP contribution in [0.5, 0.6) is 0 Å². The molecule has 94 valence electrons. The van der Waals surface area contributed by atoms with Gasteiger partial charge in [-0.3, -0.25) is 4.79 Å². The van der Waals surface area contributed by atoms with Gasteiger partial charge >= 0.3 is 0 Å². The summed E-state index contributed by atoms with van der Waals surface area (Å²) < 4.78 is 1.87. The third-order valence-corrected chi connectivity index (χ3v) is 2.69. The number of carbonyl (C=O) groups is 1. The Bertz CT molecular complexity index is 407. The van der Waals surface area contributed by atoms with E-state index in [9.17, 15) is 4.79 Å². The van der Waals surface area contributed by atoms with Crippen LogP contribution in [0.15, 0.2) is 24.9 Å². The molecule has 1 heterocycles. The molecule has 1 amide bonds. The van der Waals surface area contributed by atoms with Crippen LogP contribution in [0, 0.1) is 0 Å². The summed E-state index contributed by atoms with van der Waals surface area (Å²) in [5.74, 6) is -0.00144. The average Bonchev–Trinajstić information content (AvgIpc) is 2.66. The Balaban J connectivity index is 3.04. The third-order valence-electron chi connectivity index (χ3n) is 2.69. The minimum absolute atomic E-state index is 0.00144. The summed E-state index contributed by atoms with van der Waals surface area (Å²) in [6, 6.07) is 1.87. The van der Waals surface area contributed by atoms with Gasteiger partial charge in [-0.1, -0.05) is 6.08 Å². The van der Waals surface area contributed by atoms with E-state index >= 15 is 0 Å². The number of amides is 1. The highest BCUT2D eigenvalue weighted by atomic mass is 16.2. The molecule has 4 heteroatoms. The number of nitrogens with zero attached hydrogens (tertiary/aromatic N) is 2. The number of rotatable bonds is 5. The van der Waals surface area contributed by atoms with E-state index in [1.54, 1.807) is 23.2 Å². The maximum atomic E-state index is 12.4. The fourth-order valence-corrected chi connectivity index (χ4v) is 1.79. The second-order valence-electron chi connectivity index (χ2n) is 4.28. The number of hydrogen-bond donors (Lipinski definition) is 1. The fourth-order valence-electron chi connectivity index (χ4n) is 1.79. The molecule has 0 spiro atoms. The Morgan fingerprint density at radius 2 is 2.29 bits per heavy atom. The Morgan fingerprint density at radius 3 is 2.76 bits per heavy atom. The standard InChI is InChI=1S/C13H21N3O/c1-5-7-16(10(3)4)13(17)12-8-11(14)9-15(12)6-2/h5,8-10H,1,6-7,14H2,2-4H3. The maximum absolute atomic E-state index is 12.4. The van der Waals surface area contributed by atoms with Crippen molar-refractivity contribution in [2.45, 2.75) is 33.4 Å². The summed E-state index contributed by atoms with van der Waals surface area (Å²) in [5.41, 5.74) is 6.99. The van der Waals surface area contributed by atoms with Crippen molar-refractivity contribution < 1.29 is 4.79 Å². The molecular weight excluding hydrogens is 214 g/mol. The molecule has 0 saturated heterocycles. The zero-order chi connectivity index (χ0) is 13.0. The maximum Gasteiger partial charge on any atom is 0.271 e. The summed E-state index contributed by atoms with van der Waals surface area (Å²) in [5, 5.41) is 0. The zero-order valence-electron chi connectivity index (χ0n) is 10.8. The van der Waals surface area contributed by atoms with Crippen LogP contribution < -0.4 is 5.73 Å². The molecular formula is C13H21N3O. The van der Waals surface area contributed by atoms with Crippen LogP contribution in [-0.4, -0.2) is 28.0 Å². The van der Waals surface area contributed by atoms with Gasteiger partial charge in [-0.15, -0.1) is 6.58 Å². The van der Waals surface area contributed by atoms with Gasteiger partial charge in [-0.25, -0.2) is 0 Å². The third kappa shape index (κ3) is 2.90. The highest BCUT2D eigenvalue weighted by molar-refractivity contribution is 5.94. The quantitative estimate of drug-likeness (QED) is 0.795. The largest absolute Gasteiger partial charge is 0.397 e. The second-order valence-corrected chi connectivity index (χ2v) is 4.28. The number of anilines is 1. The lowest BCUT2D eigenvalue weighted by molar-refractivity contribution is 0.0718. The minimum Gasteiger partial charge on any atom is -0.397 e. The van der Waals surface area contributed by atoms with Crippen LogP contribution in [0.4, 0.5) is 5.69 Å². The molecule has 2 N–H and O–H groups in total. The summed E-state index contributed by atoms with van der Waals surface area (Å²) in [7, 11) is 0. The van der Waals surface area contributed by atoms with Gasteiger partial charge < -0.3 is 15.2 Å². The van der Waals surface area contributed by atoms with E-state index in [2.05, 4.69) is 6.58 Å². The van der Waals surface area contributed by atoms with Crippen LogP contribution >= 0.6 is 0 Å². The van der Waals surface area contributed by atoms with Gasteiger partial charge in [0.1, 0.15) is 5.69 Å². The molecule has 0 fully saturated rings. The Morgan fingerprint density at radius 1 is 1.65 bits per heavy atom. The first-order chi connectivity index (χ1) is 8.01. The van der Waals surface area contributed by atoms with Gasteiger partial charge in [0.25, 0.3) is 5.91 Å². The van der Waals surface area contributed by atoms with E-state index in [0.29, 0.717) is 17.9 Å². The first-order valence-electron chi connectivity index (χ1n) is 5.88. The topological polar surface area (TPSA) is 51.3 Å². The minimum atomic E-state index is -0.00144. The molecule has 0 aliphatic rings. The number of hydrogen-bond acceptors (Lipinski definition) is 2. The predicted octanol–water partition coefficient (Wildman–Crippen LogP) is 2.13. The highest BCUT2D eigenvalue weighted by Gasteiger charge is 2.20. The molecule has 17 heavy (non-hydrogen) atoms. The van der Waals surface area contributed by atoms with Gasteiger partial charge in [0.2, 0.25) is 0 Å². The van der Waals surface area contributed by atoms with E-state index in [1.165, 1.54) is 0 Å². The van der Waals surface area contributed by atoms with E-state index < -0.39 is 0 Å². The zero-order valence-corrected chi connectivity index (χ0v) is 10.8. The molecule has 1 aromatic rings. The molecule has 0 unspecified atom stereocenters. The van der Waals surface area contributed by atoms with Crippen LogP contribution in [0.25, 0.3) is 0 Å². The van der Waals surface area contributed by atoms with Gasteiger partial charge in [-0.2, -0.15) is 0 Å². The molecule has 0 aliphatic carbocycles. The summed E-state index contributed by atoms with van der Waals surface area (Å²) in [6.07, 6.45) is 3.53. The van der Waals surface area contributed by atoms with Crippen molar-refractivity contribution in [1.82, 2.24) is 9.47 Å². The summed E-state index contributed by atoms with van der Waals surface area (Å²) in [4.78, 5) is 14.1. The number of nitrogen functional groups attached to an aromatic ring is 1. The van der Waals surface area contributed by atoms with Crippen molar-refractivity contribution >= 4 is 11.6 Å². The monoisotopic (exact) mass is 235 g/mol. The van der Waals surface area contributed by atoms with Crippen LogP contribution in [0.2, 0.25) is 0 Å². The molecule has 0 bridgehead atoms. The molecule has 1 rings (SSSR count). The highest BCUT2D eigenvalue weighted by Crippen LogP contribution is 2.14. The molecule has 0 atom stereocenters.